The Morgan fingerprint density at radius 1 is 1.33 bits per heavy atom. The standard InChI is InChI=1S/C15H18F3NO2/c1-2-19(14(20)9-11-7-8-21-10-11)13-5-3-12(4-6-13)15(16,17)18/h3-6,11H,2,7-10H2,1H3/t11-/m1/s1. The minimum atomic E-state index is -4.36. The van der Waals surface area contributed by atoms with Gasteiger partial charge in [-0.25, -0.2) is 0 Å². The number of hydrogen-bond donors (Lipinski definition) is 0. The highest BCUT2D eigenvalue weighted by Crippen LogP contribution is 2.31. The smallest absolute Gasteiger partial charge is 0.381 e. The van der Waals surface area contributed by atoms with E-state index in [4.69, 9.17) is 4.74 Å². The van der Waals surface area contributed by atoms with Gasteiger partial charge in [-0.05, 0) is 43.5 Å². The van der Waals surface area contributed by atoms with Crippen molar-refractivity contribution in [1.29, 1.82) is 0 Å². The van der Waals surface area contributed by atoms with Gasteiger partial charge in [-0.15, -0.1) is 0 Å². The summed E-state index contributed by atoms with van der Waals surface area (Å²) in [6.45, 7) is 3.49. The van der Waals surface area contributed by atoms with Crippen molar-refractivity contribution < 1.29 is 22.7 Å². The normalized spacial score (nSPS) is 18.8. The van der Waals surface area contributed by atoms with Gasteiger partial charge in [0.15, 0.2) is 0 Å². The van der Waals surface area contributed by atoms with Gasteiger partial charge in [0.1, 0.15) is 0 Å². The van der Waals surface area contributed by atoms with Crippen LogP contribution < -0.4 is 4.90 Å². The van der Waals surface area contributed by atoms with Crippen molar-refractivity contribution in [3.05, 3.63) is 29.8 Å². The van der Waals surface area contributed by atoms with Gasteiger partial charge >= 0.3 is 6.18 Å². The van der Waals surface area contributed by atoms with E-state index in [2.05, 4.69) is 0 Å². The number of alkyl halides is 3. The van der Waals surface area contributed by atoms with E-state index in [1.54, 1.807) is 6.92 Å². The molecule has 1 fully saturated rings. The van der Waals surface area contributed by atoms with Gasteiger partial charge in [-0.3, -0.25) is 4.79 Å². The monoisotopic (exact) mass is 301 g/mol. The number of rotatable bonds is 4. The first-order chi connectivity index (χ1) is 9.91. The lowest BCUT2D eigenvalue weighted by Gasteiger charge is -2.23. The van der Waals surface area contributed by atoms with E-state index < -0.39 is 11.7 Å². The van der Waals surface area contributed by atoms with Gasteiger partial charge < -0.3 is 9.64 Å². The lowest BCUT2D eigenvalue weighted by molar-refractivity contribution is -0.137. The van der Waals surface area contributed by atoms with E-state index in [1.165, 1.54) is 17.0 Å². The van der Waals surface area contributed by atoms with Crippen LogP contribution in [-0.2, 0) is 15.7 Å². The fourth-order valence-corrected chi connectivity index (χ4v) is 2.43. The van der Waals surface area contributed by atoms with Gasteiger partial charge in [0.05, 0.1) is 5.56 Å². The first kappa shape index (κ1) is 15.8. The number of benzene rings is 1. The summed E-state index contributed by atoms with van der Waals surface area (Å²) >= 11 is 0. The van der Waals surface area contributed by atoms with Gasteiger partial charge in [-0.2, -0.15) is 13.2 Å². The Bertz CT molecular complexity index is 479. The molecule has 1 aliphatic rings. The number of nitrogens with zero attached hydrogens (tertiary/aromatic N) is 1. The van der Waals surface area contributed by atoms with Crippen molar-refractivity contribution in [2.24, 2.45) is 5.92 Å². The summed E-state index contributed by atoms with van der Waals surface area (Å²) in [5.74, 6) is 0.133. The summed E-state index contributed by atoms with van der Waals surface area (Å²) in [5.41, 5.74) is -0.214. The molecule has 1 aromatic carbocycles. The zero-order valence-electron chi connectivity index (χ0n) is 11.8. The third kappa shape index (κ3) is 3.97. The molecule has 1 amide bonds. The molecule has 6 heteroatoms. The van der Waals surface area contributed by atoms with Gasteiger partial charge in [0.25, 0.3) is 0 Å². The highest BCUT2D eigenvalue weighted by atomic mass is 19.4. The van der Waals surface area contributed by atoms with Gasteiger partial charge in [0.2, 0.25) is 5.91 Å². The number of ether oxygens (including phenoxy) is 1. The van der Waals surface area contributed by atoms with Crippen LogP contribution in [0.2, 0.25) is 0 Å². The van der Waals surface area contributed by atoms with Crippen LogP contribution in [0.15, 0.2) is 24.3 Å². The molecule has 1 aromatic rings. The molecule has 116 valence electrons. The van der Waals surface area contributed by atoms with E-state index in [0.29, 0.717) is 31.9 Å². The maximum Gasteiger partial charge on any atom is 0.416 e. The number of amides is 1. The van der Waals surface area contributed by atoms with Gasteiger partial charge in [0, 0.05) is 31.9 Å². The van der Waals surface area contributed by atoms with Crippen molar-refractivity contribution in [2.75, 3.05) is 24.7 Å². The predicted octanol–water partition coefficient (Wildman–Crippen LogP) is 3.48. The average molecular weight is 301 g/mol. The first-order valence-electron chi connectivity index (χ1n) is 6.97. The number of anilines is 1. The third-order valence-electron chi connectivity index (χ3n) is 3.61. The molecule has 0 spiro atoms. The highest BCUT2D eigenvalue weighted by molar-refractivity contribution is 5.93. The molecule has 1 saturated heterocycles. The minimum Gasteiger partial charge on any atom is -0.381 e. The largest absolute Gasteiger partial charge is 0.416 e. The van der Waals surface area contributed by atoms with Crippen LogP contribution in [0.3, 0.4) is 0 Å². The molecule has 0 aromatic heterocycles. The van der Waals surface area contributed by atoms with E-state index >= 15 is 0 Å². The molecule has 0 bridgehead atoms. The lowest BCUT2D eigenvalue weighted by atomic mass is 10.0. The maximum absolute atomic E-state index is 12.5. The second-order valence-corrected chi connectivity index (χ2v) is 5.12. The molecule has 0 aliphatic carbocycles. The van der Waals surface area contributed by atoms with Crippen molar-refractivity contribution >= 4 is 11.6 Å². The molecule has 0 unspecified atom stereocenters. The second-order valence-electron chi connectivity index (χ2n) is 5.12. The Hall–Kier alpha value is -1.56. The summed E-state index contributed by atoms with van der Waals surface area (Å²) in [4.78, 5) is 13.8. The Kier molecular flexibility index (Phi) is 4.88. The van der Waals surface area contributed by atoms with E-state index in [-0.39, 0.29) is 11.8 Å². The lowest BCUT2D eigenvalue weighted by Crippen LogP contribution is -2.32. The second kappa shape index (κ2) is 6.47. The Morgan fingerprint density at radius 3 is 2.48 bits per heavy atom. The fourth-order valence-electron chi connectivity index (χ4n) is 2.43. The van der Waals surface area contributed by atoms with E-state index in [1.807, 2.05) is 0 Å². The molecule has 0 radical (unpaired) electrons. The zero-order chi connectivity index (χ0) is 15.5. The summed E-state index contributed by atoms with van der Waals surface area (Å²) in [6, 6.07) is 4.69. The SMILES string of the molecule is CCN(C(=O)C[C@H]1CCOC1)c1ccc(C(F)(F)F)cc1. The molecule has 0 saturated carbocycles. The Labute approximate surface area is 121 Å². The van der Waals surface area contributed by atoms with Crippen molar-refractivity contribution in [1.82, 2.24) is 0 Å². The highest BCUT2D eigenvalue weighted by Gasteiger charge is 2.30. The molecule has 1 atom stereocenters. The number of halogens is 3. The maximum atomic E-state index is 12.5. The van der Waals surface area contributed by atoms with Crippen LogP contribution in [0, 0.1) is 5.92 Å². The molecular formula is C15H18F3NO2. The van der Waals surface area contributed by atoms with Crippen LogP contribution in [0.5, 0.6) is 0 Å². The molecular weight excluding hydrogens is 283 g/mol. The van der Waals surface area contributed by atoms with Crippen LogP contribution in [-0.4, -0.2) is 25.7 Å². The van der Waals surface area contributed by atoms with Crippen LogP contribution in [0.1, 0.15) is 25.3 Å². The van der Waals surface area contributed by atoms with Crippen LogP contribution >= 0.6 is 0 Å². The van der Waals surface area contributed by atoms with Crippen molar-refractivity contribution in [2.45, 2.75) is 25.9 Å². The first-order valence-corrected chi connectivity index (χ1v) is 6.97. The summed E-state index contributed by atoms with van der Waals surface area (Å²) in [6.07, 6.45) is -3.13. The van der Waals surface area contributed by atoms with Crippen LogP contribution in [0.25, 0.3) is 0 Å². The number of hydrogen-bond acceptors (Lipinski definition) is 2. The molecule has 1 aliphatic heterocycles. The summed E-state index contributed by atoms with van der Waals surface area (Å²) in [7, 11) is 0. The van der Waals surface area contributed by atoms with E-state index in [0.717, 1.165) is 18.6 Å². The average Bonchev–Trinajstić information content (AvgIpc) is 2.92. The quantitative estimate of drug-likeness (QED) is 0.852. The molecule has 21 heavy (non-hydrogen) atoms. The van der Waals surface area contributed by atoms with Gasteiger partial charge in [-0.1, -0.05) is 0 Å². The van der Waals surface area contributed by atoms with Crippen molar-refractivity contribution in [3.8, 4) is 0 Å². The van der Waals surface area contributed by atoms with E-state index in [9.17, 15) is 18.0 Å². The number of carbonyl (C=O) groups is 1. The Morgan fingerprint density at radius 2 is 2.00 bits per heavy atom. The van der Waals surface area contributed by atoms with Crippen LogP contribution in [0.4, 0.5) is 18.9 Å². The molecule has 3 nitrogen and oxygen atoms in total. The molecule has 1 heterocycles. The summed E-state index contributed by atoms with van der Waals surface area (Å²) < 4.78 is 42.8. The summed E-state index contributed by atoms with van der Waals surface area (Å²) in [5, 5.41) is 0. The Balaban J connectivity index is 2.07. The zero-order valence-corrected chi connectivity index (χ0v) is 11.8. The van der Waals surface area contributed by atoms with Crippen molar-refractivity contribution in [3.63, 3.8) is 0 Å². The minimum absolute atomic E-state index is 0.0761. The fraction of sp³-hybridized carbons (Fsp3) is 0.533. The molecule has 2 rings (SSSR count). The predicted molar refractivity (Wildman–Crippen MR) is 73.0 cm³/mol. The topological polar surface area (TPSA) is 29.5 Å². The third-order valence-corrected chi connectivity index (χ3v) is 3.61. The molecule has 0 N–H and O–H groups in total. The number of carbonyl (C=O) groups excluding carboxylic acids is 1.